The van der Waals surface area contributed by atoms with Crippen molar-refractivity contribution in [1.82, 2.24) is 20.5 Å². The molecule has 2 aromatic carbocycles. The molecular weight excluding hydrogens is 535 g/mol. The number of anilines is 3. The summed E-state index contributed by atoms with van der Waals surface area (Å²) in [7, 11) is 0. The summed E-state index contributed by atoms with van der Waals surface area (Å²) < 4.78 is 45.4. The molecular formula is C29H30F3N7O2. The Labute approximate surface area is 234 Å². The third-order valence-corrected chi connectivity index (χ3v) is 7.54. The molecule has 1 amide bonds. The van der Waals surface area contributed by atoms with Gasteiger partial charge in [-0.15, -0.1) is 0 Å². The molecule has 4 aromatic rings. The zero-order valence-electron chi connectivity index (χ0n) is 22.4. The fraction of sp³-hybridized carbons (Fsp3) is 0.345. The number of halogens is 3. The lowest BCUT2D eigenvalue weighted by Crippen LogP contribution is -2.47. The van der Waals surface area contributed by atoms with Crippen LogP contribution in [0.1, 0.15) is 30.1 Å². The van der Waals surface area contributed by atoms with Gasteiger partial charge in [-0.2, -0.15) is 18.3 Å². The number of nitrogen functional groups attached to an aromatic ring is 1. The number of nitrogens with two attached hydrogens (primary N) is 1. The molecule has 3 heterocycles. The molecule has 9 nitrogen and oxygen atoms in total. The first-order chi connectivity index (χ1) is 19.7. The Balaban J connectivity index is 1.36. The number of amides is 1. The lowest BCUT2D eigenvalue weighted by Gasteiger charge is -2.38. The summed E-state index contributed by atoms with van der Waals surface area (Å²) >= 11 is 0. The van der Waals surface area contributed by atoms with Gasteiger partial charge in [-0.3, -0.25) is 14.9 Å². The maximum Gasteiger partial charge on any atom is 0.425 e. The zero-order chi connectivity index (χ0) is 28.7. The van der Waals surface area contributed by atoms with Gasteiger partial charge in [-0.25, -0.2) is 0 Å². The third kappa shape index (κ3) is 5.59. The normalized spacial score (nSPS) is 16.6. The van der Waals surface area contributed by atoms with Crippen LogP contribution >= 0.6 is 0 Å². The summed E-state index contributed by atoms with van der Waals surface area (Å²) in [5.41, 5.74) is 10.1. The Morgan fingerprint density at radius 2 is 1.85 bits per heavy atom. The Morgan fingerprint density at radius 1 is 1.10 bits per heavy atom. The number of nitrogens with one attached hydrogen (secondary N) is 2. The zero-order valence-corrected chi connectivity index (χ0v) is 22.4. The van der Waals surface area contributed by atoms with Gasteiger partial charge in [-0.1, -0.05) is 6.07 Å². The summed E-state index contributed by atoms with van der Waals surface area (Å²) in [6, 6.07) is 12.9. The topological polar surface area (TPSA) is 112 Å². The summed E-state index contributed by atoms with van der Waals surface area (Å²) in [6.45, 7) is 3.79. The maximum absolute atomic E-state index is 13.4. The average molecular weight is 566 g/mol. The highest BCUT2D eigenvalue weighted by Gasteiger charge is 2.38. The van der Waals surface area contributed by atoms with E-state index in [4.69, 9.17) is 10.5 Å². The van der Waals surface area contributed by atoms with Crippen molar-refractivity contribution in [2.75, 3.05) is 41.7 Å². The van der Waals surface area contributed by atoms with Crippen molar-refractivity contribution >= 4 is 34.0 Å². The molecule has 2 aliphatic rings. The van der Waals surface area contributed by atoms with E-state index in [9.17, 15) is 18.0 Å². The molecule has 2 aromatic heterocycles. The van der Waals surface area contributed by atoms with E-state index in [1.807, 2.05) is 24.4 Å². The summed E-state index contributed by atoms with van der Waals surface area (Å²) in [5, 5.41) is 10.1. The minimum absolute atomic E-state index is 0.0178. The number of carbonyl (C=O) groups excluding carboxylic acids is 1. The molecule has 0 bridgehead atoms. The Morgan fingerprint density at radius 3 is 2.54 bits per heavy atom. The number of aromatic nitrogens is 3. The molecule has 6 rings (SSSR count). The smallest absolute Gasteiger partial charge is 0.425 e. The van der Waals surface area contributed by atoms with E-state index in [0.717, 1.165) is 49.8 Å². The molecule has 1 unspecified atom stereocenters. The van der Waals surface area contributed by atoms with E-state index in [2.05, 4.69) is 30.3 Å². The van der Waals surface area contributed by atoms with E-state index in [-0.39, 0.29) is 28.9 Å². The first-order valence-corrected chi connectivity index (χ1v) is 13.5. The molecule has 0 spiro atoms. The number of hydrogen-bond acceptors (Lipinski definition) is 7. The maximum atomic E-state index is 13.4. The molecule has 12 heteroatoms. The summed E-state index contributed by atoms with van der Waals surface area (Å²) in [5.74, 6) is -0.102. The van der Waals surface area contributed by atoms with Crippen LogP contribution in [-0.2, 0) is 0 Å². The van der Waals surface area contributed by atoms with Gasteiger partial charge in [-0.05, 0) is 67.3 Å². The van der Waals surface area contributed by atoms with Crippen LogP contribution in [0.15, 0.2) is 54.9 Å². The number of piperazine rings is 1. The van der Waals surface area contributed by atoms with Gasteiger partial charge in [0.2, 0.25) is 0 Å². The van der Waals surface area contributed by atoms with E-state index >= 15 is 0 Å². The predicted molar refractivity (Wildman–Crippen MR) is 151 cm³/mol. The van der Waals surface area contributed by atoms with Crippen LogP contribution in [0.3, 0.4) is 0 Å². The second-order valence-corrected chi connectivity index (χ2v) is 10.5. The minimum Gasteiger partial charge on any atom is -0.480 e. The van der Waals surface area contributed by atoms with Crippen molar-refractivity contribution in [2.45, 2.75) is 38.1 Å². The molecule has 1 atom stereocenters. The van der Waals surface area contributed by atoms with Crippen molar-refractivity contribution in [1.29, 1.82) is 0 Å². The van der Waals surface area contributed by atoms with Gasteiger partial charge in [0, 0.05) is 38.4 Å². The first-order valence-electron chi connectivity index (χ1n) is 13.5. The van der Waals surface area contributed by atoms with Crippen LogP contribution in [0.4, 0.5) is 30.4 Å². The number of ether oxygens (including phenoxy) is 1. The Kier molecular flexibility index (Phi) is 6.84. The van der Waals surface area contributed by atoms with Crippen molar-refractivity contribution in [2.24, 2.45) is 0 Å². The van der Waals surface area contributed by atoms with Crippen molar-refractivity contribution in [3.05, 3.63) is 60.4 Å². The highest BCUT2D eigenvalue weighted by molar-refractivity contribution is 6.02. The lowest BCUT2D eigenvalue weighted by molar-refractivity contribution is -0.188. The molecule has 1 saturated heterocycles. The van der Waals surface area contributed by atoms with Crippen LogP contribution in [0.5, 0.6) is 5.75 Å². The van der Waals surface area contributed by atoms with Crippen LogP contribution in [0.2, 0.25) is 0 Å². The number of aromatic amines is 1. The number of nitrogens with zero attached hydrogens (tertiary/aromatic N) is 4. The van der Waals surface area contributed by atoms with E-state index in [1.165, 1.54) is 0 Å². The van der Waals surface area contributed by atoms with Gasteiger partial charge in [0.05, 0.1) is 34.0 Å². The molecule has 41 heavy (non-hydrogen) atoms. The lowest BCUT2D eigenvalue weighted by atomic mass is 9.99. The molecule has 1 saturated carbocycles. The third-order valence-electron chi connectivity index (χ3n) is 7.54. The fourth-order valence-corrected chi connectivity index (χ4v) is 5.06. The van der Waals surface area contributed by atoms with E-state index in [0.29, 0.717) is 29.7 Å². The number of H-pyrrole nitrogens is 1. The van der Waals surface area contributed by atoms with Crippen molar-refractivity contribution in [3.63, 3.8) is 0 Å². The largest absolute Gasteiger partial charge is 0.480 e. The average Bonchev–Trinajstić information content (AvgIpc) is 3.71. The number of hydrogen-bond donors (Lipinski definition) is 3. The van der Waals surface area contributed by atoms with Gasteiger partial charge in [0.25, 0.3) is 5.91 Å². The quantitative estimate of drug-likeness (QED) is 0.296. The molecule has 2 fully saturated rings. The minimum atomic E-state index is -4.55. The Hall–Kier alpha value is -4.48. The van der Waals surface area contributed by atoms with E-state index < -0.39 is 12.3 Å². The van der Waals surface area contributed by atoms with Crippen molar-refractivity contribution < 1.29 is 22.7 Å². The number of benzene rings is 2. The van der Waals surface area contributed by atoms with Gasteiger partial charge < -0.3 is 25.6 Å². The fourth-order valence-electron chi connectivity index (χ4n) is 5.06. The van der Waals surface area contributed by atoms with Gasteiger partial charge in [0.15, 0.2) is 11.9 Å². The summed E-state index contributed by atoms with van der Waals surface area (Å²) in [4.78, 5) is 21.9. The SMILES string of the molecule is CC(Oc1cc(-c2ccc(C(=O)NC3CC3)c(N3CCN(c4cccnc4)CC3)c2)cc2[nH]nc(N)c12)C(F)(F)F. The van der Waals surface area contributed by atoms with Crippen LogP contribution in [-0.4, -0.2) is 65.6 Å². The standard InChI is InChI=1S/C29H30F3N7O2/c1-17(29(30,31)32)41-25-15-19(13-23-26(25)27(33)37-36-23)18-4-7-22(28(40)35-20-5-6-20)24(14-18)39-11-9-38(10-12-39)21-3-2-8-34-16-21/h2-4,7-8,13-17,20H,5-6,9-12H2,1H3,(H,35,40)(H3,33,36,37). The van der Waals surface area contributed by atoms with Crippen molar-refractivity contribution in [3.8, 4) is 16.9 Å². The summed E-state index contributed by atoms with van der Waals surface area (Å²) in [6.07, 6.45) is -1.09. The highest BCUT2D eigenvalue weighted by Crippen LogP contribution is 2.38. The van der Waals surface area contributed by atoms with Gasteiger partial charge >= 0.3 is 6.18 Å². The first kappa shape index (κ1) is 26.7. The number of rotatable bonds is 7. The highest BCUT2D eigenvalue weighted by atomic mass is 19.4. The second-order valence-electron chi connectivity index (χ2n) is 10.5. The van der Waals surface area contributed by atoms with Crippen LogP contribution in [0, 0.1) is 0 Å². The number of fused-ring (bicyclic) bond motifs is 1. The van der Waals surface area contributed by atoms with E-state index in [1.54, 1.807) is 30.5 Å². The number of carbonyl (C=O) groups is 1. The monoisotopic (exact) mass is 565 g/mol. The molecule has 0 radical (unpaired) electrons. The molecule has 1 aliphatic carbocycles. The number of pyridine rings is 1. The van der Waals surface area contributed by atoms with Crippen LogP contribution < -0.4 is 25.6 Å². The van der Waals surface area contributed by atoms with Gasteiger partial charge in [0.1, 0.15) is 5.75 Å². The second kappa shape index (κ2) is 10.5. The number of alkyl halides is 3. The molecule has 4 N–H and O–H groups in total. The van der Waals surface area contributed by atoms with Crippen LogP contribution in [0.25, 0.3) is 22.0 Å². The predicted octanol–water partition coefficient (Wildman–Crippen LogP) is 4.76. The molecule has 1 aliphatic heterocycles. The molecule has 214 valence electrons. The Bertz CT molecular complexity index is 1560.